The Morgan fingerprint density at radius 1 is 0.762 bits per heavy atom. The van der Waals surface area contributed by atoms with E-state index in [1.165, 1.54) is 0 Å². The molecule has 0 radical (unpaired) electrons. The number of rotatable bonds is 4. The lowest BCUT2D eigenvalue weighted by Crippen LogP contribution is -2.31. The molecule has 1 unspecified atom stereocenters. The van der Waals surface area contributed by atoms with Gasteiger partial charge in [0.2, 0.25) is 0 Å². The molecule has 2 nitrogen and oxygen atoms in total. The monoisotopic (exact) mass is 275 g/mol. The summed E-state index contributed by atoms with van der Waals surface area (Å²) in [5.74, 6) is 0. The van der Waals surface area contributed by atoms with Crippen LogP contribution in [-0.4, -0.2) is 10.1 Å². The van der Waals surface area contributed by atoms with Crippen LogP contribution in [0.2, 0.25) is 0 Å². The third kappa shape index (κ3) is 2.86. The topological polar surface area (TPSA) is 33.1 Å². The molecule has 1 heterocycles. The Labute approximate surface area is 124 Å². The molecule has 3 rings (SSSR count). The molecular formula is C19H17NO. The summed E-state index contributed by atoms with van der Waals surface area (Å²) in [6, 6.07) is 25.3. The molecule has 2 aromatic carbocycles. The fraction of sp³-hybridized carbons (Fsp3) is 0.105. The molecule has 2 heteroatoms. The maximum absolute atomic E-state index is 11.3. The number of hydrogen-bond acceptors (Lipinski definition) is 2. The normalized spacial score (nSPS) is 13.6. The molecule has 1 N–H and O–H groups in total. The molecule has 0 amide bonds. The second-order valence-electron chi connectivity index (χ2n) is 5.10. The molecule has 21 heavy (non-hydrogen) atoms. The highest BCUT2D eigenvalue weighted by molar-refractivity contribution is 5.35. The van der Waals surface area contributed by atoms with Crippen LogP contribution in [0.4, 0.5) is 0 Å². The van der Waals surface area contributed by atoms with Crippen LogP contribution >= 0.6 is 0 Å². The van der Waals surface area contributed by atoms with E-state index in [1.54, 1.807) is 6.20 Å². The summed E-state index contributed by atoms with van der Waals surface area (Å²) in [4.78, 5) is 4.37. The maximum atomic E-state index is 11.3. The Hall–Kier alpha value is -2.45. The Morgan fingerprint density at radius 2 is 1.38 bits per heavy atom. The first-order chi connectivity index (χ1) is 10.3. The van der Waals surface area contributed by atoms with Crippen LogP contribution in [0.25, 0.3) is 0 Å². The van der Waals surface area contributed by atoms with Crippen molar-refractivity contribution in [3.05, 3.63) is 102 Å². The molecule has 0 aliphatic heterocycles. The summed E-state index contributed by atoms with van der Waals surface area (Å²) >= 11 is 0. The maximum Gasteiger partial charge on any atom is 0.135 e. The summed E-state index contributed by atoms with van der Waals surface area (Å²) < 4.78 is 0. The van der Waals surface area contributed by atoms with E-state index in [4.69, 9.17) is 0 Å². The summed E-state index contributed by atoms with van der Waals surface area (Å²) in [5, 5.41) is 11.3. The van der Waals surface area contributed by atoms with Gasteiger partial charge in [-0.2, -0.15) is 0 Å². The van der Waals surface area contributed by atoms with E-state index >= 15 is 0 Å². The van der Waals surface area contributed by atoms with Gasteiger partial charge in [0.1, 0.15) is 5.60 Å². The van der Waals surface area contributed by atoms with E-state index < -0.39 is 5.60 Å². The average molecular weight is 275 g/mol. The Morgan fingerprint density at radius 3 is 2.00 bits per heavy atom. The largest absolute Gasteiger partial charge is 0.378 e. The average Bonchev–Trinajstić information content (AvgIpc) is 2.57. The summed E-state index contributed by atoms with van der Waals surface area (Å²) in [5.41, 5.74) is 1.48. The van der Waals surface area contributed by atoms with Crippen molar-refractivity contribution in [3.63, 3.8) is 0 Å². The van der Waals surface area contributed by atoms with E-state index in [2.05, 4.69) is 4.98 Å². The lowest BCUT2D eigenvalue weighted by molar-refractivity contribution is 0.0765. The predicted octanol–water partition coefficient (Wildman–Crippen LogP) is 3.56. The van der Waals surface area contributed by atoms with Gasteiger partial charge >= 0.3 is 0 Å². The van der Waals surface area contributed by atoms with Crippen molar-refractivity contribution in [2.45, 2.75) is 12.0 Å². The number of aliphatic hydroxyl groups is 1. The van der Waals surface area contributed by atoms with Crippen molar-refractivity contribution in [2.75, 3.05) is 0 Å². The van der Waals surface area contributed by atoms with E-state index in [9.17, 15) is 5.11 Å². The lowest BCUT2D eigenvalue weighted by atomic mass is 9.84. The standard InChI is InChI=1S/C19H17NO/c21-19(17-11-5-2-6-12-17,18-13-7-8-14-20-18)15-16-9-3-1-4-10-16/h1-14,21H,15H2. The van der Waals surface area contributed by atoms with Crippen molar-refractivity contribution in [3.8, 4) is 0 Å². The minimum Gasteiger partial charge on any atom is -0.378 e. The number of aromatic nitrogens is 1. The molecule has 0 bridgehead atoms. The molecule has 1 atom stereocenters. The van der Waals surface area contributed by atoms with Crippen LogP contribution < -0.4 is 0 Å². The van der Waals surface area contributed by atoms with Crippen LogP contribution in [0.5, 0.6) is 0 Å². The summed E-state index contributed by atoms with van der Waals surface area (Å²) in [7, 11) is 0. The predicted molar refractivity (Wildman–Crippen MR) is 83.8 cm³/mol. The number of pyridine rings is 1. The highest BCUT2D eigenvalue weighted by Crippen LogP contribution is 2.31. The smallest absolute Gasteiger partial charge is 0.135 e. The summed E-state index contributed by atoms with van der Waals surface area (Å²) in [6.07, 6.45) is 2.21. The quantitative estimate of drug-likeness (QED) is 0.789. The van der Waals surface area contributed by atoms with Crippen molar-refractivity contribution in [2.24, 2.45) is 0 Å². The second-order valence-corrected chi connectivity index (χ2v) is 5.10. The molecule has 0 fully saturated rings. The third-order valence-electron chi connectivity index (χ3n) is 3.64. The van der Waals surface area contributed by atoms with Gasteiger partial charge in [-0.3, -0.25) is 4.98 Å². The molecule has 104 valence electrons. The summed E-state index contributed by atoms with van der Waals surface area (Å²) in [6.45, 7) is 0. The number of hydrogen-bond donors (Lipinski definition) is 1. The van der Waals surface area contributed by atoms with Gasteiger partial charge in [-0.1, -0.05) is 66.7 Å². The highest BCUT2D eigenvalue weighted by atomic mass is 16.3. The minimum absolute atomic E-state index is 0.495. The first-order valence-electron chi connectivity index (χ1n) is 7.02. The zero-order chi connectivity index (χ0) is 14.5. The minimum atomic E-state index is -1.12. The number of nitrogens with zero attached hydrogens (tertiary/aromatic N) is 1. The van der Waals surface area contributed by atoms with Crippen molar-refractivity contribution < 1.29 is 5.11 Å². The van der Waals surface area contributed by atoms with E-state index in [-0.39, 0.29) is 0 Å². The van der Waals surface area contributed by atoms with Gasteiger partial charge < -0.3 is 5.11 Å². The van der Waals surface area contributed by atoms with Crippen molar-refractivity contribution in [1.82, 2.24) is 4.98 Å². The SMILES string of the molecule is OC(Cc1ccccc1)(c1ccccc1)c1ccccn1. The van der Waals surface area contributed by atoms with Gasteiger partial charge in [0.05, 0.1) is 5.69 Å². The highest BCUT2D eigenvalue weighted by Gasteiger charge is 2.32. The fourth-order valence-corrected chi connectivity index (χ4v) is 2.55. The van der Waals surface area contributed by atoms with E-state index in [0.29, 0.717) is 12.1 Å². The zero-order valence-corrected chi connectivity index (χ0v) is 11.7. The van der Waals surface area contributed by atoms with Crippen molar-refractivity contribution in [1.29, 1.82) is 0 Å². The van der Waals surface area contributed by atoms with Crippen LogP contribution in [-0.2, 0) is 12.0 Å². The van der Waals surface area contributed by atoms with Gasteiger partial charge in [-0.05, 0) is 23.3 Å². The Balaban J connectivity index is 2.07. The molecule has 0 saturated heterocycles. The first kappa shape index (κ1) is 13.5. The van der Waals surface area contributed by atoms with Gasteiger partial charge in [0.15, 0.2) is 0 Å². The van der Waals surface area contributed by atoms with Crippen LogP contribution in [0.3, 0.4) is 0 Å². The number of benzene rings is 2. The van der Waals surface area contributed by atoms with Crippen LogP contribution in [0.15, 0.2) is 85.1 Å². The van der Waals surface area contributed by atoms with Crippen LogP contribution in [0, 0.1) is 0 Å². The van der Waals surface area contributed by atoms with Crippen molar-refractivity contribution >= 4 is 0 Å². The Bertz CT molecular complexity index is 641. The van der Waals surface area contributed by atoms with Gasteiger partial charge in [-0.25, -0.2) is 0 Å². The molecule has 0 spiro atoms. The molecule has 0 aliphatic rings. The lowest BCUT2D eigenvalue weighted by Gasteiger charge is -2.28. The van der Waals surface area contributed by atoms with E-state index in [1.807, 2.05) is 78.9 Å². The first-order valence-corrected chi connectivity index (χ1v) is 7.02. The Kier molecular flexibility index (Phi) is 3.80. The zero-order valence-electron chi connectivity index (χ0n) is 11.7. The molecule has 0 saturated carbocycles. The molecule has 1 aromatic heterocycles. The molecule has 3 aromatic rings. The van der Waals surface area contributed by atoms with Gasteiger partial charge in [0, 0.05) is 12.6 Å². The second kappa shape index (κ2) is 5.90. The third-order valence-corrected chi connectivity index (χ3v) is 3.64. The molecule has 0 aliphatic carbocycles. The fourth-order valence-electron chi connectivity index (χ4n) is 2.55. The molecular weight excluding hydrogens is 258 g/mol. The van der Waals surface area contributed by atoms with Gasteiger partial charge in [0.25, 0.3) is 0 Å². The van der Waals surface area contributed by atoms with Gasteiger partial charge in [-0.15, -0.1) is 0 Å². The van der Waals surface area contributed by atoms with E-state index in [0.717, 1.165) is 11.1 Å². The van der Waals surface area contributed by atoms with Crippen LogP contribution in [0.1, 0.15) is 16.8 Å².